The van der Waals surface area contributed by atoms with Crippen LogP contribution in [0, 0.1) is 12.7 Å². The second kappa shape index (κ2) is 6.54. The van der Waals surface area contributed by atoms with Gasteiger partial charge in [-0.15, -0.1) is 0 Å². The number of benzene rings is 3. The minimum atomic E-state index is -0.451. The van der Waals surface area contributed by atoms with Crippen LogP contribution in [0.1, 0.15) is 15.9 Å². The fourth-order valence-corrected chi connectivity index (χ4v) is 2.54. The zero-order chi connectivity index (χ0) is 17.1. The van der Waals surface area contributed by atoms with Crippen LogP contribution in [0.5, 0.6) is 5.75 Å². The molecule has 3 nitrogen and oxygen atoms in total. The molecule has 4 heteroatoms. The highest BCUT2D eigenvalue weighted by molar-refractivity contribution is 6.04. The third-order valence-corrected chi connectivity index (χ3v) is 3.77. The van der Waals surface area contributed by atoms with Crippen LogP contribution in [-0.4, -0.2) is 11.0 Å². The summed E-state index contributed by atoms with van der Waals surface area (Å²) in [6, 6.07) is 18.1. The van der Waals surface area contributed by atoms with Gasteiger partial charge in [0.15, 0.2) is 0 Å². The first-order chi connectivity index (χ1) is 11.5. The minimum Gasteiger partial charge on any atom is -0.508 e. The van der Waals surface area contributed by atoms with Crippen molar-refractivity contribution in [3.05, 3.63) is 83.7 Å². The first-order valence-electron chi connectivity index (χ1n) is 7.50. The van der Waals surface area contributed by atoms with Gasteiger partial charge in [0.2, 0.25) is 0 Å². The number of anilines is 1. The zero-order valence-corrected chi connectivity index (χ0v) is 13.1. The molecule has 0 spiro atoms. The molecule has 3 aromatic carbocycles. The number of carbonyl (C=O) groups excluding carboxylic acids is 1. The quantitative estimate of drug-likeness (QED) is 0.731. The van der Waals surface area contributed by atoms with Crippen LogP contribution in [0.4, 0.5) is 10.1 Å². The van der Waals surface area contributed by atoms with Crippen molar-refractivity contribution in [2.45, 2.75) is 6.92 Å². The summed E-state index contributed by atoms with van der Waals surface area (Å²) in [5.41, 5.74) is 2.89. The number of hydrogen-bond acceptors (Lipinski definition) is 2. The van der Waals surface area contributed by atoms with Crippen molar-refractivity contribution in [1.82, 2.24) is 0 Å². The van der Waals surface area contributed by atoms with Crippen molar-refractivity contribution in [3.63, 3.8) is 0 Å². The summed E-state index contributed by atoms with van der Waals surface area (Å²) in [6.07, 6.45) is 0. The van der Waals surface area contributed by atoms with Crippen molar-refractivity contribution >= 4 is 11.6 Å². The molecule has 0 radical (unpaired) electrons. The normalized spacial score (nSPS) is 10.4. The molecule has 0 aliphatic heterocycles. The van der Waals surface area contributed by atoms with Crippen LogP contribution >= 0.6 is 0 Å². The average Bonchev–Trinajstić information content (AvgIpc) is 2.55. The van der Waals surface area contributed by atoms with E-state index in [4.69, 9.17) is 0 Å². The number of amides is 1. The highest BCUT2D eigenvalue weighted by Crippen LogP contribution is 2.27. The number of aromatic hydroxyl groups is 1. The van der Waals surface area contributed by atoms with Crippen LogP contribution in [-0.2, 0) is 0 Å². The monoisotopic (exact) mass is 321 g/mol. The molecule has 0 unspecified atom stereocenters. The number of phenols is 1. The SMILES string of the molecule is Cc1ccccc1-c1ccc(C(=O)Nc2cccc(O)c2)cc1F. The molecule has 24 heavy (non-hydrogen) atoms. The van der Waals surface area contributed by atoms with E-state index in [-0.39, 0.29) is 11.3 Å². The molecule has 120 valence electrons. The highest BCUT2D eigenvalue weighted by atomic mass is 19.1. The van der Waals surface area contributed by atoms with Gasteiger partial charge in [0, 0.05) is 22.9 Å². The van der Waals surface area contributed by atoms with E-state index in [0.717, 1.165) is 11.1 Å². The summed E-state index contributed by atoms with van der Waals surface area (Å²) >= 11 is 0. The Labute approximate surface area is 139 Å². The molecule has 0 atom stereocenters. The Morgan fingerprint density at radius 1 is 0.958 bits per heavy atom. The summed E-state index contributed by atoms with van der Waals surface area (Å²) in [5, 5.41) is 12.0. The number of phenolic OH excluding ortho intramolecular Hbond substituents is 1. The van der Waals surface area contributed by atoms with Gasteiger partial charge >= 0.3 is 0 Å². The van der Waals surface area contributed by atoms with Gasteiger partial charge in [-0.1, -0.05) is 36.4 Å². The maximum Gasteiger partial charge on any atom is 0.255 e. The van der Waals surface area contributed by atoms with Crippen molar-refractivity contribution in [1.29, 1.82) is 0 Å². The number of carbonyl (C=O) groups is 1. The lowest BCUT2D eigenvalue weighted by Crippen LogP contribution is -2.12. The van der Waals surface area contributed by atoms with E-state index in [1.54, 1.807) is 24.3 Å². The molecule has 0 aromatic heterocycles. The number of rotatable bonds is 3. The van der Waals surface area contributed by atoms with Crippen molar-refractivity contribution in [3.8, 4) is 16.9 Å². The molecule has 2 N–H and O–H groups in total. The van der Waals surface area contributed by atoms with Gasteiger partial charge in [-0.25, -0.2) is 4.39 Å². The van der Waals surface area contributed by atoms with Crippen molar-refractivity contribution < 1.29 is 14.3 Å². The van der Waals surface area contributed by atoms with E-state index in [2.05, 4.69) is 5.32 Å². The molecule has 0 aliphatic carbocycles. The van der Waals surface area contributed by atoms with Gasteiger partial charge in [0.05, 0.1) is 0 Å². The lowest BCUT2D eigenvalue weighted by Gasteiger charge is -2.10. The number of hydrogen-bond donors (Lipinski definition) is 2. The van der Waals surface area contributed by atoms with E-state index < -0.39 is 11.7 Å². The molecule has 0 heterocycles. The minimum absolute atomic E-state index is 0.0499. The van der Waals surface area contributed by atoms with Gasteiger partial charge in [-0.2, -0.15) is 0 Å². The number of nitrogens with one attached hydrogen (secondary N) is 1. The fraction of sp³-hybridized carbons (Fsp3) is 0.0500. The third-order valence-electron chi connectivity index (χ3n) is 3.77. The van der Waals surface area contributed by atoms with Crippen LogP contribution in [0.15, 0.2) is 66.7 Å². The van der Waals surface area contributed by atoms with E-state index in [1.807, 2.05) is 31.2 Å². The molecule has 0 aliphatic rings. The molecule has 0 bridgehead atoms. The predicted octanol–water partition coefficient (Wildman–Crippen LogP) is 4.76. The van der Waals surface area contributed by atoms with E-state index in [1.165, 1.54) is 18.2 Å². The Kier molecular flexibility index (Phi) is 4.29. The molecule has 1 amide bonds. The van der Waals surface area contributed by atoms with Crippen LogP contribution in [0.25, 0.3) is 11.1 Å². The number of aryl methyl sites for hydroxylation is 1. The fourth-order valence-electron chi connectivity index (χ4n) is 2.54. The summed E-state index contributed by atoms with van der Waals surface area (Å²) in [5.74, 6) is -0.836. The molecular weight excluding hydrogens is 305 g/mol. The van der Waals surface area contributed by atoms with Gasteiger partial charge in [0.25, 0.3) is 5.91 Å². The zero-order valence-electron chi connectivity index (χ0n) is 13.1. The van der Waals surface area contributed by atoms with Gasteiger partial charge in [0.1, 0.15) is 11.6 Å². The van der Waals surface area contributed by atoms with Gasteiger partial charge in [-0.05, 0) is 42.3 Å². The molecule has 0 saturated carbocycles. The Hall–Kier alpha value is -3.14. The van der Waals surface area contributed by atoms with Gasteiger partial charge in [-0.3, -0.25) is 4.79 Å². The second-order valence-electron chi connectivity index (χ2n) is 5.51. The second-order valence-corrected chi connectivity index (χ2v) is 5.51. The number of halogens is 1. The van der Waals surface area contributed by atoms with Crippen LogP contribution in [0.2, 0.25) is 0 Å². The lowest BCUT2D eigenvalue weighted by atomic mass is 9.99. The summed E-state index contributed by atoms with van der Waals surface area (Å²) < 4.78 is 14.5. The Bertz CT molecular complexity index is 906. The van der Waals surface area contributed by atoms with E-state index in [0.29, 0.717) is 11.3 Å². The molecule has 0 saturated heterocycles. The van der Waals surface area contributed by atoms with Crippen LogP contribution in [0.3, 0.4) is 0 Å². The summed E-state index contributed by atoms with van der Waals surface area (Å²) in [4.78, 5) is 12.2. The third kappa shape index (κ3) is 3.27. The first-order valence-corrected chi connectivity index (χ1v) is 7.50. The largest absolute Gasteiger partial charge is 0.508 e. The van der Waals surface area contributed by atoms with E-state index in [9.17, 15) is 14.3 Å². The molecule has 3 aromatic rings. The maximum absolute atomic E-state index is 14.5. The Morgan fingerprint density at radius 2 is 1.75 bits per heavy atom. The van der Waals surface area contributed by atoms with Crippen LogP contribution < -0.4 is 5.32 Å². The van der Waals surface area contributed by atoms with Crippen molar-refractivity contribution in [2.75, 3.05) is 5.32 Å². The topological polar surface area (TPSA) is 49.3 Å². The summed E-state index contributed by atoms with van der Waals surface area (Å²) in [6.45, 7) is 1.91. The highest BCUT2D eigenvalue weighted by Gasteiger charge is 2.12. The first kappa shape index (κ1) is 15.7. The maximum atomic E-state index is 14.5. The summed E-state index contributed by atoms with van der Waals surface area (Å²) in [7, 11) is 0. The van der Waals surface area contributed by atoms with Gasteiger partial charge < -0.3 is 10.4 Å². The lowest BCUT2D eigenvalue weighted by molar-refractivity contribution is 0.102. The molecular formula is C20H16FNO2. The Morgan fingerprint density at radius 3 is 2.46 bits per heavy atom. The standard InChI is InChI=1S/C20H16FNO2/c1-13-5-2-3-8-17(13)18-10-9-14(11-19(18)21)20(24)22-15-6-4-7-16(23)12-15/h2-12,23H,1H3,(H,22,24). The predicted molar refractivity (Wildman–Crippen MR) is 92.6 cm³/mol. The Balaban J connectivity index is 1.87. The smallest absolute Gasteiger partial charge is 0.255 e. The molecule has 3 rings (SSSR count). The van der Waals surface area contributed by atoms with Crippen molar-refractivity contribution in [2.24, 2.45) is 0 Å². The average molecular weight is 321 g/mol. The van der Waals surface area contributed by atoms with E-state index >= 15 is 0 Å². The molecule has 0 fully saturated rings.